The third-order valence-corrected chi connectivity index (χ3v) is 5.26. The third-order valence-electron chi connectivity index (χ3n) is 4.53. The largest absolute Gasteiger partial charge is 0.381 e. The van der Waals surface area contributed by atoms with Gasteiger partial charge in [-0.15, -0.1) is 34.2 Å². The molecule has 1 fully saturated rings. The number of guanidine groups is 1. The Morgan fingerprint density at radius 1 is 1.52 bits per heavy atom. The summed E-state index contributed by atoms with van der Waals surface area (Å²) in [6.07, 6.45) is 3.79. The fourth-order valence-electron chi connectivity index (χ4n) is 3.01. The first-order chi connectivity index (χ1) is 12.8. The molecule has 0 spiro atoms. The van der Waals surface area contributed by atoms with Gasteiger partial charge < -0.3 is 19.5 Å². The minimum atomic E-state index is 0. The van der Waals surface area contributed by atoms with Crippen LogP contribution in [0.2, 0.25) is 0 Å². The van der Waals surface area contributed by atoms with Gasteiger partial charge in [0.1, 0.15) is 12.2 Å². The Balaban J connectivity index is 0.00000261. The molecule has 1 atom stereocenters. The molecule has 7 nitrogen and oxygen atoms in total. The van der Waals surface area contributed by atoms with Crippen LogP contribution in [-0.2, 0) is 24.2 Å². The maximum Gasteiger partial charge on any atom is 0.194 e. The minimum absolute atomic E-state index is 0. The Morgan fingerprint density at radius 2 is 2.41 bits per heavy atom. The van der Waals surface area contributed by atoms with E-state index in [4.69, 9.17) is 9.73 Å². The van der Waals surface area contributed by atoms with Gasteiger partial charge in [0.05, 0.1) is 6.61 Å². The number of ether oxygens (including phenoxy) is 1. The van der Waals surface area contributed by atoms with Gasteiger partial charge in [-0.25, -0.2) is 0 Å². The molecule has 9 heteroatoms. The number of halogens is 1. The summed E-state index contributed by atoms with van der Waals surface area (Å²) in [5, 5.41) is 15.9. The van der Waals surface area contributed by atoms with Gasteiger partial charge in [-0.1, -0.05) is 6.92 Å². The van der Waals surface area contributed by atoms with Gasteiger partial charge in [-0.3, -0.25) is 4.99 Å². The molecule has 1 N–H and O–H groups in total. The lowest BCUT2D eigenvalue weighted by Crippen LogP contribution is -2.40. The Hall–Kier alpha value is -1.20. The number of hydrogen-bond donors (Lipinski definition) is 1. The van der Waals surface area contributed by atoms with Crippen molar-refractivity contribution >= 4 is 41.3 Å². The molecule has 1 unspecified atom stereocenters. The normalized spacial score (nSPS) is 17.0. The van der Waals surface area contributed by atoms with Crippen molar-refractivity contribution < 1.29 is 4.74 Å². The fourth-order valence-corrected chi connectivity index (χ4v) is 3.67. The monoisotopic (exact) mass is 504 g/mol. The van der Waals surface area contributed by atoms with Crippen molar-refractivity contribution in [3.63, 3.8) is 0 Å². The predicted octanol–water partition coefficient (Wildman–Crippen LogP) is 2.63. The van der Waals surface area contributed by atoms with E-state index in [1.54, 1.807) is 17.7 Å². The molecule has 3 heterocycles. The van der Waals surface area contributed by atoms with Crippen molar-refractivity contribution in [3.05, 3.63) is 34.5 Å². The predicted molar refractivity (Wildman–Crippen MR) is 120 cm³/mol. The average Bonchev–Trinajstić information content (AvgIpc) is 3.39. The zero-order valence-corrected chi connectivity index (χ0v) is 19.2. The molecule has 0 bridgehead atoms. The van der Waals surface area contributed by atoms with Crippen LogP contribution in [0.1, 0.15) is 24.7 Å². The van der Waals surface area contributed by atoms with Crippen LogP contribution in [0, 0.1) is 5.92 Å². The van der Waals surface area contributed by atoms with Gasteiger partial charge >= 0.3 is 0 Å². The number of aliphatic imine (C=N–C) groups is 1. The molecule has 0 saturated carbocycles. The third kappa shape index (κ3) is 6.72. The van der Waals surface area contributed by atoms with Gasteiger partial charge in [-0.05, 0) is 28.8 Å². The van der Waals surface area contributed by atoms with Crippen LogP contribution in [0.3, 0.4) is 0 Å². The van der Waals surface area contributed by atoms with Crippen molar-refractivity contribution in [2.75, 3.05) is 33.4 Å². The molecule has 0 aliphatic carbocycles. The Labute approximate surface area is 182 Å². The van der Waals surface area contributed by atoms with Crippen LogP contribution in [0.25, 0.3) is 0 Å². The molecule has 1 aliphatic heterocycles. The van der Waals surface area contributed by atoms with Gasteiger partial charge in [0.25, 0.3) is 0 Å². The summed E-state index contributed by atoms with van der Waals surface area (Å²) in [4.78, 5) is 7.05. The van der Waals surface area contributed by atoms with Gasteiger partial charge in [-0.2, -0.15) is 11.3 Å². The van der Waals surface area contributed by atoms with E-state index in [1.807, 2.05) is 0 Å². The maximum atomic E-state index is 5.47. The minimum Gasteiger partial charge on any atom is -0.381 e. The molecule has 27 heavy (non-hydrogen) atoms. The second-order valence-corrected chi connectivity index (χ2v) is 7.38. The number of hydrogen-bond acceptors (Lipinski definition) is 5. The quantitative estimate of drug-likeness (QED) is 0.340. The van der Waals surface area contributed by atoms with Gasteiger partial charge in [0.15, 0.2) is 5.96 Å². The number of thiophene rings is 1. The van der Waals surface area contributed by atoms with E-state index in [9.17, 15) is 0 Å². The number of aryl methyl sites for hydroxylation is 1. The average molecular weight is 504 g/mol. The molecular formula is C18H29IN6OS. The van der Waals surface area contributed by atoms with Crippen molar-refractivity contribution in [1.82, 2.24) is 25.0 Å². The van der Waals surface area contributed by atoms with E-state index >= 15 is 0 Å². The number of nitrogens with one attached hydrogen (secondary N) is 1. The molecule has 2 aromatic heterocycles. The van der Waals surface area contributed by atoms with Crippen LogP contribution in [0.4, 0.5) is 0 Å². The van der Waals surface area contributed by atoms with E-state index in [2.05, 4.69) is 55.8 Å². The molecule has 3 rings (SSSR count). The zero-order valence-electron chi connectivity index (χ0n) is 16.0. The highest BCUT2D eigenvalue weighted by atomic mass is 127. The van der Waals surface area contributed by atoms with Crippen molar-refractivity contribution in [2.24, 2.45) is 10.9 Å². The van der Waals surface area contributed by atoms with Crippen LogP contribution in [0.5, 0.6) is 0 Å². The Kier molecular flexibility index (Phi) is 9.49. The summed E-state index contributed by atoms with van der Waals surface area (Å²) in [7, 11) is 2.09. The molecule has 1 aliphatic rings. The van der Waals surface area contributed by atoms with Crippen LogP contribution in [0.15, 0.2) is 28.1 Å². The molecule has 0 aromatic carbocycles. The van der Waals surface area contributed by atoms with Crippen molar-refractivity contribution in [2.45, 2.75) is 32.9 Å². The first kappa shape index (κ1) is 22.1. The van der Waals surface area contributed by atoms with E-state index in [0.717, 1.165) is 64.0 Å². The number of rotatable bonds is 8. The molecule has 0 radical (unpaired) electrons. The van der Waals surface area contributed by atoms with Crippen molar-refractivity contribution in [1.29, 1.82) is 0 Å². The van der Waals surface area contributed by atoms with Gasteiger partial charge in [0.2, 0.25) is 0 Å². The standard InChI is InChI=1S/C18H28N6OS.HI/c1-3-17-22-21-14-24(17)7-6-19-18(20-10-15-4-8-25-12-15)23(2)11-16-5-9-26-13-16;/h5,9,13-15H,3-4,6-8,10-12H2,1-2H3,(H,19,20);1H. The Morgan fingerprint density at radius 3 is 3.11 bits per heavy atom. The summed E-state index contributed by atoms with van der Waals surface area (Å²) >= 11 is 1.73. The lowest BCUT2D eigenvalue weighted by Gasteiger charge is -2.23. The van der Waals surface area contributed by atoms with E-state index < -0.39 is 0 Å². The van der Waals surface area contributed by atoms with Crippen LogP contribution >= 0.6 is 35.3 Å². The molecule has 1 saturated heterocycles. The smallest absolute Gasteiger partial charge is 0.194 e. The molecular weight excluding hydrogens is 475 g/mol. The summed E-state index contributed by atoms with van der Waals surface area (Å²) in [6, 6.07) is 2.16. The highest BCUT2D eigenvalue weighted by molar-refractivity contribution is 14.0. The second kappa shape index (κ2) is 11.6. The molecule has 150 valence electrons. The second-order valence-electron chi connectivity index (χ2n) is 6.60. The van der Waals surface area contributed by atoms with Crippen molar-refractivity contribution in [3.8, 4) is 0 Å². The summed E-state index contributed by atoms with van der Waals surface area (Å²) in [5.74, 6) is 2.49. The number of nitrogens with zero attached hydrogens (tertiary/aromatic N) is 5. The fraction of sp³-hybridized carbons (Fsp3) is 0.611. The summed E-state index contributed by atoms with van der Waals surface area (Å²) in [5.41, 5.74) is 1.31. The van der Waals surface area contributed by atoms with E-state index in [-0.39, 0.29) is 24.0 Å². The zero-order chi connectivity index (χ0) is 18.2. The molecule has 0 amide bonds. The van der Waals surface area contributed by atoms with Crippen LogP contribution in [-0.4, -0.2) is 59.0 Å². The first-order valence-electron chi connectivity index (χ1n) is 9.21. The lowest BCUT2D eigenvalue weighted by atomic mass is 10.1. The highest BCUT2D eigenvalue weighted by Gasteiger charge is 2.16. The Bertz CT molecular complexity index is 684. The summed E-state index contributed by atoms with van der Waals surface area (Å²) < 4.78 is 7.56. The van der Waals surface area contributed by atoms with E-state index in [0.29, 0.717) is 5.92 Å². The number of aromatic nitrogens is 3. The lowest BCUT2D eigenvalue weighted by molar-refractivity contribution is 0.187. The molecule has 2 aromatic rings. The highest BCUT2D eigenvalue weighted by Crippen LogP contribution is 2.13. The SMILES string of the molecule is CCc1nncn1CCNC(=NCC1CCOC1)N(C)Cc1ccsc1.I. The first-order valence-corrected chi connectivity index (χ1v) is 10.2. The maximum absolute atomic E-state index is 5.47. The topological polar surface area (TPSA) is 67.6 Å². The van der Waals surface area contributed by atoms with Gasteiger partial charge in [0, 0.05) is 52.2 Å². The summed E-state index contributed by atoms with van der Waals surface area (Å²) in [6.45, 7) is 7.06. The van der Waals surface area contributed by atoms with Crippen LogP contribution < -0.4 is 5.32 Å². The van der Waals surface area contributed by atoms with E-state index in [1.165, 1.54) is 5.56 Å².